The van der Waals surface area contributed by atoms with Crippen LogP contribution in [-0.4, -0.2) is 64.3 Å². The number of carboxylic acid groups (broad SMARTS) is 1. The summed E-state index contributed by atoms with van der Waals surface area (Å²) < 4.78 is 90.4. The third-order valence-electron chi connectivity index (χ3n) is 5.96. The summed E-state index contributed by atoms with van der Waals surface area (Å²) in [6, 6.07) is 9.71. The highest BCUT2D eigenvalue weighted by Crippen LogP contribution is 2.40. The first-order valence-corrected chi connectivity index (χ1v) is 11.9. The molecule has 4 aromatic rings. The molecule has 0 aliphatic carbocycles. The van der Waals surface area contributed by atoms with Gasteiger partial charge in [0.1, 0.15) is 17.6 Å². The first-order valence-electron chi connectivity index (χ1n) is 11.9. The Bertz CT molecular complexity index is 1620. The van der Waals surface area contributed by atoms with Crippen molar-refractivity contribution in [1.82, 2.24) is 19.9 Å². The normalized spacial score (nSPS) is 12.8. The molecule has 3 N–H and O–H groups in total. The Morgan fingerprint density at radius 3 is 2.26 bits per heavy atom. The van der Waals surface area contributed by atoms with Gasteiger partial charge in [-0.1, -0.05) is 12.1 Å². The monoisotopic (exact) mass is 597 g/mol. The van der Waals surface area contributed by atoms with Crippen LogP contribution in [0.15, 0.2) is 48.8 Å². The van der Waals surface area contributed by atoms with Crippen LogP contribution in [0, 0.1) is 6.92 Å². The second kappa shape index (κ2) is 12.2. The first kappa shape index (κ1) is 30.0. The molecule has 2 aromatic heterocycles. The molecule has 10 nitrogen and oxygen atoms in total. The highest BCUT2D eigenvalue weighted by atomic mass is 19.3. The summed E-state index contributed by atoms with van der Waals surface area (Å²) in [6.45, 7) is 1.62. The molecule has 2 unspecified atom stereocenters. The first-order chi connectivity index (χ1) is 19.9. The molecule has 2 aromatic carbocycles. The summed E-state index contributed by atoms with van der Waals surface area (Å²) in [5, 5.41) is 12.7. The Balaban J connectivity index is 1.95. The summed E-state index contributed by atoms with van der Waals surface area (Å²) >= 11 is 0. The lowest BCUT2D eigenvalue weighted by Crippen LogP contribution is -2.36. The second-order valence-corrected chi connectivity index (χ2v) is 8.59. The number of carbonyl (C=O) groups is 2. The fourth-order valence-electron chi connectivity index (χ4n) is 4.19. The minimum Gasteiger partial charge on any atom is -0.496 e. The van der Waals surface area contributed by atoms with Gasteiger partial charge in [-0.3, -0.25) is 10.1 Å². The van der Waals surface area contributed by atoms with E-state index in [2.05, 4.69) is 15.3 Å². The molecule has 222 valence electrons. The predicted molar refractivity (Wildman–Crippen MR) is 137 cm³/mol. The number of hydrogen-bond donors (Lipinski definition) is 3. The van der Waals surface area contributed by atoms with Crippen LogP contribution in [0.25, 0.3) is 28.0 Å². The number of nitrogens with one attached hydrogen (secondary N) is 2. The number of anilines is 1. The number of benzene rings is 2. The summed E-state index contributed by atoms with van der Waals surface area (Å²) in [5.41, 5.74) is 1.46. The van der Waals surface area contributed by atoms with E-state index in [0.29, 0.717) is 16.8 Å². The zero-order valence-electron chi connectivity index (χ0n) is 21.6. The summed E-state index contributed by atoms with van der Waals surface area (Å²) in [4.78, 5) is 31.5. The molecule has 4 rings (SSSR count). The van der Waals surface area contributed by atoms with Gasteiger partial charge in [-0.05, 0) is 36.8 Å². The number of alkyl halides is 6. The molecule has 0 saturated carbocycles. The number of aromatic nitrogens is 3. The molecule has 0 fully saturated rings. The number of aryl methyl sites for hydroxylation is 1. The number of nitrogens with zero attached hydrogens (tertiary/aromatic N) is 3. The zero-order valence-corrected chi connectivity index (χ0v) is 21.6. The molecule has 0 saturated heterocycles. The van der Waals surface area contributed by atoms with Crippen LogP contribution >= 0.6 is 0 Å². The lowest BCUT2D eigenvalue weighted by Gasteiger charge is -2.17. The maximum absolute atomic E-state index is 14.0. The van der Waals surface area contributed by atoms with Gasteiger partial charge >= 0.3 is 12.5 Å². The Hall–Kier alpha value is -5.02. The average Bonchev–Trinajstić information content (AvgIpc) is 3.25. The maximum Gasteiger partial charge on any atom is 0.409 e. The van der Waals surface area contributed by atoms with Crippen LogP contribution in [0.5, 0.6) is 11.6 Å². The second-order valence-electron chi connectivity index (χ2n) is 8.59. The molecule has 42 heavy (non-hydrogen) atoms. The number of rotatable bonds is 10. The molecule has 2 atom stereocenters. The SMILES string of the molecule is COc1cc(-n2c(-c3ccc(NC(=O)O)cc3)c(C)c3ncnc(OC(F)C(F)F)c32)ccc1C(=O)NC(F)C(F)F. The zero-order chi connectivity index (χ0) is 30.7. The number of ether oxygens (including phenoxy) is 2. The summed E-state index contributed by atoms with van der Waals surface area (Å²) in [6.07, 6.45) is -13.3. The van der Waals surface area contributed by atoms with Crippen molar-refractivity contribution in [1.29, 1.82) is 0 Å². The summed E-state index contributed by atoms with van der Waals surface area (Å²) in [5.74, 6) is -1.94. The van der Waals surface area contributed by atoms with E-state index in [1.54, 1.807) is 19.1 Å². The Labute approximate surface area is 232 Å². The molecule has 0 aliphatic heterocycles. The van der Waals surface area contributed by atoms with Crippen molar-refractivity contribution < 1.29 is 50.5 Å². The third-order valence-corrected chi connectivity index (χ3v) is 5.96. The van der Waals surface area contributed by atoms with Crippen LogP contribution in [0.1, 0.15) is 15.9 Å². The number of fused-ring (bicyclic) bond motifs is 1. The number of amides is 2. The van der Waals surface area contributed by atoms with Crippen molar-refractivity contribution in [3.63, 3.8) is 0 Å². The largest absolute Gasteiger partial charge is 0.496 e. The van der Waals surface area contributed by atoms with Crippen molar-refractivity contribution in [2.45, 2.75) is 32.4 Å². The van der Waals surface area contributed by atoms with E-state index in [9.17, 15) is 35.9 Å². The fraction of sp³-hybridized carbons (Fsp3) is 0.231. The molecule has 0 radical (unpaired) electrons. The van der Waals surface area contributed by atoms with Crippen molar-refractivity contribution in [3.8, 4) is 28.6 Å². The van der Waals surface area contributed by atoms with Crippen molar-refractivity contribution in [3.05, 3.63) is 59.9 Å². The topological polar surface area (TPSA) is 128 Å². The molecule has 0 bridgehead atoms. The maximum atomic E-state index is 14.0. The van der Waals surface area contributed by atoms with E-state index in [4.69, 9.17) is 14.6 Å². The smallest absolute Gasteiger partial charge is 0.409 e. The molecule has 2 amide bonds. The Kier molecular flexibility index (Phi) is 8.73. The van der Waals surface area contributed by atoms with Gasteiger partial charge in [0, 0.05) is 17.3 Å². The van der Waals surface area contributed by atoms with E-state index in [0.717, 1.165) is 19.5 Å². The van der Waals surface area contributed by atoms with Gasteiger partial charge in [0.15, 0.2) is 0 Å². The average molecular weight is 597 g/mol. The van der Waals surface area contributed by atoms with Gasteiger partial charge in [0.2, 0.25) is 12.2 Å². The van der Waals surface area contributed by atoms with Crippen LogP contribution in [0.2, 0.25) is 0 Å². The predicted octanol–water partition coefficient (Wildman–Crippen LogP) is 5.72. The fourth-order valence-corrected chi connectivity index (χ4v) is 4.19. The van der Waals surface area contributed by atoms with Crippen molar-refractivity contribution in [2.24, 2.45) is 0 Å². The van der Waals surface area contributed by atoms with E-state index in [1.165, 1.54) is 34.1 Å². The highest BCUT2D eigenvalue weighted by molar-refractivity contribution is 5.98. The van der Waals surface area contributed by atoms with Gasteiger partial charge in [0.05, 0.1) is 29.6 Å². The third kappa shape index (κ3) is 6.01. The number of methoxy groups -OCH3 is 1. The standard InChI is InChI=1S/C26H21F6N5O5/c1-11-17-19(25(34-10-33-17)42-23(32)21(29)30)37(18(11)12-3-5-13(6-4-12)35-26(39)40)14-7-8-15(16(9-14)41-2)24(38)36-22(31)20(27)28/h3-10,20-23,35H,1-2H3,(H,36,38)(H,39,40). The Morgan fingerprint density at radius 1 is 0.976 bits per heavy atom. The quantitative estimate of drug-likeness (QED) is 0.158. The van der Waals surface area contributed by atoms with E-state index >= 15 is 0 Å². The lowest BCUT2D eigenvalue weighted by atomic mass is 10.1. The van der Waals surface area contributed by atoms with Crippen LogP contribution in [0.4, 0.5) is 36.8 Å². The van der Waals surface area contributed by atoms with Crippen molar-refractivity contribution in [2.75, 3.05) is 12.4 Å². The molecular formula is C26H21F6N5O5. The minimum absolute atomic E-state index is 0.0539. The molecule has 0 spiro atoms. The van der Waals surface area contributed by atoms with Gasteiger partial charge in [-0.15, -0.1) is 0 Å². The summed E-state index contributed by atoms with van der Waals surface area (Å²) in [7, 11) is 1.16. The van der Waals surface area contributed by atoms with Crippen LogP contribution in [0.3, 0.4) is 0 Å². The minimum atomic E-state index is -3.50. The molecule has 2 heterocycles. The Morgan fingerprint density at radius 2 is 1.67 bits per heavy atom. The molecular weight excluding hydrogens is 576 g/mol. The van der Waals surface area contributed by atoms with Gasteiger partial charge in [0.25, 0.3) is 18.7 Å². The molecule has 0 aliphatic rings. The van der Waals surface area contributed by atoms with Gasteiger partial charge in [-0.2, -0.15) is 9.37 Å². The van der Waals surface area contributed by atoms with Crippen LogP contribution < -0.4 is 20.1 Å². The highest BCUT2D eigenvalue weighted by Gasteiger charge is 2.28. The van der Waals surface area contributed by atoms with E-state index < -0.39 is 43.4 Å². The number of carbonyl (C=O) groups excluding carboxylic acids is 1. The van der Waals surface area contributed by atoms with Gasteiger partial charge < -0.3 is 24.5 Å². The van der Waals surface area contributed by atoms with Crippen molar-refractivity contribution >= 4 is 28.7 Å². The lowest BCUT2D eigenvalue weighted by molar-refractivity contribution is -0.0683. The van der Waals surface area contributed by atoms with Gasteiger partial charge in [-0.25, -0.2) is 31.7 Å². The number of hydrogen-bond acceptors (Lipinski definition) is 6. The number of halogens is 6. The molecule has 16 heteroatoms. The van der Waals surface area contributed by atoms with E-state index in [1.807, 2.05) is 0 Å². The van der Waals surface area contributed by atoms with Crippen LogP contribution in [-0.2, 0) is 0 Å². The van der Waals surface area contributed by atoms with E-state index in [-0.39, 0.29) is 33.7 Å².